The quantitative estimate of drug-likeness (QED) is 0.614. The van der Waals surface area contributed by atoms with Gasteiger partial charge in [0.25, 0.3) is 5.56 Å². The first-order chi connectivity index (χ1) is 11.7. The Morgan fingerprint density at radius 2 is 2.00 bits per heavy atom. The molecular weight excluding hydrogens is 304 g/mol. The third kappa shape index (κ3) is 2.25. The molecule has 0 radical (unpaired) electrons. The highest BCUT2D eigenvalue weighted by atomic mass is 16.5. The molecule has 5 heteroatoms. The summed E-state index contributed by atoms with van der Waals surface area (Å²) in [7, 11) is 1.59. The Labute approximate surface area is 138 Å². The summed E-state index contributed by atoms with van der Waals surface area (Å²) < 4.78 is 11.3. The highest BCUT2D eigenvalue weighted by Crippen LogP contribution is 2.37. The minimum Gasteiger partial charge on any atom is -0.496 e. The molecule has 0 amide bonds. The second-order valence-electron chi connectivity index (χ2n) is 5.74. The molecule has 2 heterocycles. The van der Waals surface area contributed by atoms with E-state index in [0.717, 1.165) is 22.4 Å². The van der Waals surface area contributed by atoms with Crippen LogP contribution in [0.1, 0.15) is 16.7 Å². The molecule has 0 atom stereocenters. The maximum atomic E-state index is 12.5. The zero-order chi connectivity index (χ0) is 16.7. The van der Waals surface area contributed by atoms with Crippen molar-refractivity contribution in [3.8, 4) is 28.8 Å². The van der Waals surface area contributed by atoms with Crippen LogP contribution in [0.5, 0.6) is 17.4 Å². The van der Waals surface area contributed by atoms with E-state index in [4.69, 9.17) is 9.47 Å². The Hall–Kier alpha value is -3.08. The van der Waals surface area contributed by atoms with Crippen LogP contribution in [-0.2, 0) is 6.42 Å². The van der Waals surface area contributed by atoms with Crippen LogP contribution in [0.15, 0.2) is 47.3 Å². The van der Waals surface area contributed by atoms with Crippen molar-refractivity contribution >= 4 is 0 Å². The summed E-state index contributed by atoms with van der Waals surface area (Å²) in [5, 5.41) is 0. The maximum Gasteiger partial charge on any atom is 0.258 e. The molecule has 0 bridgehead atoms. The number of aryl methyl sites for hydroxylation is 1. The molecule has 3 aromatic rings. The van der Waals surface area contributed by atoms with Crippen LogP contribution >= 0.6 is 0 Å². The summed E-state index contributed by atoms with van der Waals surface area (Å²) in [5.41, 5.74) is 3.11. The number of nitrogens with zero attached hydrogens (tertiary/aromatic N) is 1. The number of benzene rings is 2. The highest BCUT2D eigenvalue weighted by Gasteiger charge is 2.24. The zero-order valence-electron chi connectivity index (χ0n) is 13.4. The van der Waals surface area contributed by atoms with Gasteiger partial charge in [-0.25, -0.2) is 0 Å². The summed E-state index contributed by atoms with van der Waals surface area (Å²) in [5.74, 6) is 2.23. The SMILES string of the molecule is COc1ccccc1-c1nc2c(c(=O)[nH]1)Cc1cccc(C)c1O2. The lowest BCUT2D eigenvalue weighted by Gasteiger charge is -2.20. The molecule has 0 saturated carbocycles. The first kappa shape index (κ1) is 14.5. The minimum atomic E-state index is -0.187. The average Bonchev–Trinajstić information content (AvgIpc) is 2.61. The van der Waals surface area contributed by atoms with E-state index < -0.39 is 0 Å². The monoisotopic (exact) mass is 320 g/mol. The van der Waals surface area contributed by atoms with E-state index in [2.05, 4.69) is 9.97 Å². The van der Waals surface area contributed by atoms with Crippen LogP contribution in [0.3, 0.4) is 0 Å². The van der Waals surface area contributed by atoms with Gasteiger partial charge in [-0.15, -0.1) is 0 Å². The largest absolute Gasteiger partial charge is 0.496 e. The molecule has 4 rings (SSSR count). The molecule has 120 valence electrons. The van der Waals surface area contributed by atoms with Crippen LogP contribution in [0.4, 0.5) is 0 Å². The zero-order valence-corrected chi connectivity index (χ0v) is 13.4. The van der Waals surface area contributed by atoms with Crippen molar-refractivity contribution in [2.24, 2.45) is 0 Å². The van der Waals surface area contributed by atoms with Gasteiger partial charge in [0.1, 0.15) is 17.3 Å². The van der Waals surface area contributed by atoms with Crippen molar-refractivity contribution in [1.29, 1.82) is 0 Å². The Bertz CT molecular complexity index is 992. The molecule has 0 aliphatic carbocycles. The second-order valence-corrected chi connectivity index (χ2v) is 5.74. The normalized spacial score (nSPS) is 12.1. The van der Waals surface area contributed by atoms with Gasteiger partial charge in [0.15, 0.2) is 0 Å². The average molecular weight is 320 g/mol. The molecule has 1 aliphatic rings. The van der Waals surface area contributed by atoms with Gasteiger partial charge in [-0.2, -0.15) is 4.98 Å². The fraction of sp³-hybridized carbons (Fsp3) is 0.158. The van der Waals surface area contributed by atoms with Gasteiger partial charge in [0.05, 0.1) is 18.2 Å². The smallest absolute Gasteiger partial charge is 0.258 e. The number of methoxy groups -OCH3 is 1. The van der Waals surface area contributed by atoms with E-state index in [9.17, 15) is 4.79 Å². The number of aromatic amines is 1. The molecule has 0 fully saturated rings. The standard InChI is InChI=1S/C19H16N2O3/c1-11-6-5-7-12-10-14-18(22)20-17(21-19(14)24-16(11)12)13-8-3-4-9-15(13)23-2/h3-9H,10H2,1-2H3,(H,20,21,22). The van der Waals surface area contributed by atoms with Gasteiger partial charge in [0, 0.05) is 6.42 Å². The van der Waals surface area contributed by atoms with Crippen molar-refractivity contribution in [2.75, 3.05) is 7.11 Å². The number of rotatable bonds is 2. The van der Waals surface area contributed by atoms with E-state index in [1.807, 2.05) is 49.4 Å². The Morgan fingerprint density at radius 1 is 1.17 bits per heavy atom. The number of hydrogen-bond acceptors (Lipinski definition) is 4. The lowest BCUT2D eigenvalue weighted by molar-refractivity contribution is 0.415. The molecule has 1 aliphatic heterocycles. The lowest BCUT2D eigenvalue weighted by atomic mass is 10.0. The van der Waals surface area contributed by atoms with E-state index >= 15 is 0 Å². The first-order valence-electron chi connectivity index (χ1n) is 7.70. The summed E-state index contributed by atoms with van der Waals surface area (Å²) in [4.78, 5) is 19.9. The van der Waals surface area contributed by atoms with Crippen LogP contribution < -0.4 is 15.0 Å². The van der Waals surface area contributed by atoms with E-state index in [1.54, 1.807) is 7.11 Å². The molecule has 0 spiro atoms. The van der Waals surface area contributed by atoms with Gasteiger partial charge < -0.3 is 14.5 Å². The van der Waals surface area contributed by atoms with E-state index in [1.165, 1.54) is 0 Å². The second kappa shape index (κ2) is 5.53. The predicted molar refractivity (Wildman–Crippen MR) is 90.9 cm³/mol. The minimum absolute atomic E-state index is 0.187. The topological polar surface area (TPSA) is 64.2 Å². The fourth-order valence-electron chi connectivity index (χ4n) is 2.97. The lowest BCUT2D eigenvalue weighted by Crippen LogP contribution is -2.20. The van der Waals surface area contributed by atoms with Gasteiger partial charge in [-0.1, -0.05) is 30.3 Å². The van der Waals surface area contributed by atoms with Gasteiger partial charge >= 0.3 is 0 Å². The van der Waals surface area contributed by atoms with Crippen molar-refractivity contribution in [3.05, 3.63) is 69.5 Å². The predicted octanol–water partition coefficient (Wildman–Crippen LogP) is 3.45. The van der Waals surface area contributed by atoms with Crippen LogP contribution in [-0.4, -0.2) is 17.1 Å². The summed E-state index contributed by atoms with van der Waals surface area (Å²) in [6.45, 7) is 1.98. The van der Waals surface area contributed by atoms with Crippen molar-refractivity contribution in [2.45, 2.75) is 13.3 Å². The van der Waals surface area contributed by atoms with Crippen LogP contribution in [0, 0.1) is 6.92 Å². The molecule has 2 aromatic carbocycles. The Kier molecular flexibility index (Phi) is 3.34. The van der Waals surface area contributed by atoms with Crippen molar-refractivity contribution < 1.29 is 9.47 Å². The fourth-order valence-corrected chi connectivity index (χ4v) is 2.97. The molecule has 1 N–H and O–H groups in total. The Balaban J connectivity index is 1.86. The molecule has 0 saturated heterocycles. The molecule has 5 nitrogen and oxygen atoms in total. The number of H-pyrrole nitrogens is 1. The molecular formula is C19H16N2O3. The molecule has 1 aromatic heterocycles. The highest BCUT2D eigenvalue weighted by molar-refractivity contribution is 5.65. The number of nitrogens with one attached hydrogen (secondary N) is 1. The third-order valence-electron chi connectivity index (χ3n) is 4.20. The molecule has 0 unspecified atom stereocenters. The van der Waals surface area contributed by atoms with Gasteiger partial charge in [-0.3, -0.25) is 4.79 Å². The van der Waals surface area contributed by atoms with E-state index in [-0.39, 0.29) is 5.56 Å². The Morgan fingerprint density at radius 3 is 2.83 bits per heavy atom. The summed E-state index contributed by atoms with van der Waals surface area (Å²) in [6, 6.07) is 13.3. The van der Waals surface area contributed by atoms with Gasteiger partial charge in [0.2, 0.25) is 5.88 Å². The van der Waals surface area contributed by atoms with Gasteiger partial charge in [-0.05, 0) is 30.2 Å². The van der Waals surface area contributed by atoms with Crippen LogP contribution in [0.2, 0.25) is 0 Å². The number of ether oxygens (including phenoxy) is 2. The maximum absolute atomic E-state index is 12.5. The number of aromatic nitrogens is 2. The van der Waals surface area contributed by atoms with Crippen LogP contribution in [0.25, 0.3) is 11.4 Å². The van der Waals surface area contributed by atoms with Crippen molar-refractivity contribution in [3.63, 3.8) is 0 Å². The number of para-hydroxylation sites is 2. The third-order valence-corrected chi connectivity index (χ3v) is 4.20. The number of fused-ring (bicyclic) bond motifs is 2. The summed E-state index contributed by atoms with van der Waals surface area (Å²) in [6.07, 6.45) is 0.515. The number of hydrogen-bond donors (Lipinski definition) is 1. The van der Waals surface area contributed by atoms with E-state index in [0.29, 0.717) is 29.4 Å². The first-order valence-corrected chi connectivity index (χ1v) is 7.70. The summed E-state index contributed by atoms with van der Waals surface area (Å²) >= 11 is 0. The molecule has 24 heavy (non-hydrogen) atoms. The van der Waals surface area contributed by atoms with Crippen molar-refractivity contribution in [1.82, 2.24) is 9.97 Å².